The molecule has 7 heteroatoms. The number of rotatable bonds is 4. The maximum absolute atomic E-state index is 12.8. The Morgan fingerprint density at radius 3 is 2.73 bits per heavy atom. The van der Waals surface area contributed by atoms with Crippen LogP contribution in [0.4, 0.5) is 10.5 Å². The van der Waals surface area contributed by atoms with Gasteiger partial charge in [-0.2, -0.15) is 0 Å². The highest BCUT2D eigenvalue weighted by Gasteiger charge is 2.39. The van der Waals surface area contributed by atoms with Gasteiger partial charge >= 0.3 is 6.03 Å². The zero-order valence-electron chi connectivity index (χ0n) is 17.3. The highest BCUT2D eigenvalue weighted by molar-refractivity contribution is 6.02. The van der Waals surface area contributed by atoms with E-state index < -0.39 is 0 Å². The number of aryl methyl sites for hydroxylation is 1. The topological polar surface area (TPSA) is 64.1 Å². The van der Waals surface area contributed by atoms with Gasteiger partial charge in [0.2, 0.25) is 0 Å². The maximum atomic E-state index is 12.8. The minimum atomic E-state index is -0.101. The van der Waals surface area contributed by atoms with Crippen LogP contribution in [-0.4, -0.2) is 46.4 Å². The van der Waals surface area contributed by atoms with E-state index in [0.29, 0.717) is 18.4 Å². The Labute approximate surface area is 176 Å². The van der Waals surface area contributed by atoms with E-state index in [0.717, 1.165) is 36.9 Å². The predicted molar refractivity (Wildman–Crippen MR) is 117 cm³/mol. The van der Waals surface area contributed by atoms with Crippen LogP contribution in [-0.2, 0) is 6.54 Å². The Morgan fingerprint density at radius 1 is 1.13 bits per heavy atom. The third-order valence-corrected chi connectivity index (χ3v) is 6.07. The monoisotopic (exact) mass is 402 g/mol. The number of pyridine rings is 1. The van der Waals surface area contributed by atoms with Crippen LogP contribution in [0.15, 0.2) is 65.7 Å². The summed E-state index contributed by atoms with van der Waals surface area (Å²) in [5.41, 5.74) is 3.34. The first kappa shape index (κ1) is 18.8. The number of hydrogen-bond donors (Lipinski definition) is 1. The molecule has 1 N–H and O–H groups in total. The van der Waals surface area contributed by atoms with Gasteiger partial charge in [-0.3, -0.25) is 20.1 Å². The third-order valence-electron chi connectivity index (χ3n) is 6.07. The molecule has 154 valence electrons. The van der Waals surface area contributed by atoms with Gasteiger partial charge in [-0.1, -0.05) is 30.7 Å². The summed E-state index contributed by atoms with van der Waals surface area (Å²) in [7, 11) is 0. The van der Waals surface area contributed by atoms with Crippen molar-refractivity contribution < 1.29 is 4.79 Å². The Bertz CT molecular complexity index is 1000. The maximum Gasteiger partial charge on any atom is 0.329 e. The molecule has 1 fully saturated rings. The van der Waals surface area contributed by atoms with Crippen LogP contribution in [0.25, 0.3) is 0 Å². The first-order valence-electron chi connectivity index (χ1n) is 10.4. The van der Waals surface area contributed by atoms with Gasteiger partial charge in [-0.25, -0.2) is 9.79 Å². The molecule has 4 heterocycles. The number of benzene rings is 1. The van der Waals surface area contributed by atoms with Crippen molar-refractivity contribution in [2.75, 3.05) is 24.7 Å². The van der Waals surface area contributed by atoms with Gasteiger partial charge < -0.3 is 4.90 Å². The number of amides is 2. The van der Waals surface area contributed by atoms with Gasteiger partial charge in [0.05, 0.1) is 5.69 Å². The number of amidine groups is 1. The van der Waals surface area contributed by atoms with E-state index in [1.807, 2.05) is 24.5 Å². The second-order valence-electron chi connectivity index (χ2n) is 8.39. The van der Waals surface area contributed by atoms with Crippen molar-refractivity contribution in [1.29, 1.82) is 0 Å². The molecule has 5 rings (SSSR count). The Hall–Kier alpha value is -3.19. The van der Waals surface area contributed by atoms with E-state index >= 15 is 0 Å². The summed E-state index contributed by atoms with van der Waals surface area (Å²) in [5.74, 6) is 2.11. The number of hydrogen-bond acceptors (Lipinski definition) is 5. The van der Waals surface area contributed by atoms with E-state index in [1.165, 1.54) is 5.56 Å². The van der Waals surface area contributed by atoms with Crippen molar-refractivity contribution in [3.05, 3.63) is 71.9 Å². The molecule has 2 atom stereocenters. The van der Waals surface area contributed by atoms with Gasteiger partial charge in [0, 0.05) is 43.6 Å². The lowest BCUT2D eigenvalue weighted by molar-refractivity contribution is 0.216. The van der Waals surface area contributed by atoms with Crippen LogP contribution in [0, 0.1) is 18.8 Å². The fourth-order valence-electron chi connectivity index (χ4n) is 4.40. The Kier molecular flexibility index (Phi) is 4.75. The molecule has 1 saturated heterocycles. The summed E-state index contributed by atoms with van der Waals surface area (Å²) < 4.78 is 0. The van der Waals surface area contributed by atoms with Crippen LogP contribution in [0.3, 0.4) is 0 Å². The van der Waals surface area contributed by atoms with E-state index in [-0.39, 0.29) is 11.9 Å². The number of carbonyl (C=O) groups excluding carboxylic acids is 1. The summed E-state index contributed by atoms with van der Waals surface area (Å²) in [5, 5.41) is 3.05. The number of aromatic nitrogens is 1. The first-order valence-corrected chi connectivity index (χ1v) is 10.4. The molecule has 2 unspecified atom stereocenters. The summed E-state index contributed by atoms with van der Waals surface area (Å²) in [6.07, 6.45) is 3.80. The Balaban J connectivity index is 1.33. The zero-order valence-corrected chi connectivity index (χ0v) is 17.3. The summed E-state index contributed by atoms with van der Waals surface area (Å²) in [6, 6.07) is 14.2. The van der Waals surface area contributed by atoms with Crippen LogP contribution in [0.2, 0.25) is 0 Å². The lowest BCUT2D eigenvalue weighted by Gasteiger charge is -2.28. The average molecular weight is 403 g/mol. The molecular weight excluding hydrogens is 376 g/mol. The zero-order chi connectivity index (χ0) is 20.7. The second-order valence-corrected chi connectivity index (χ2v) is 8.39. The fourth-order valence-corrected chi connectivity index (χ4v) is 4.40. The van der Waals surface area contributed by atoms with Gasteiger partial charge in [-0.05, 0) is 37.1 Å². The van der Waals surface area contributed by atoms with Crippen molar-refractivity contribution in [2.24, 2.45) is 16.8 Å². The second kappa shape index (κ2) is 7.57. The van der Waals surface area contributed by atoms with E-state index in [4.69, 9.17) is 4.99 Å². The molecular formula is C23H26N6O. The molecule has 1 aromatic carbocycles. The van der Waals surface area contributed by atoms with Crippen molar-refractivity contribution in [1.82, 2.24) is 20.1 Å². The van der Waals surface area contributed by atoms with E-state index in [1.54, 1.807) is 4.90 Å². The lowest BCUT2D eigenvalue weighted by Crippen LogP contribution is -2.49. The lowest BCUT2D eigenvalue weighted by atomic mass is 9.96. The van der Waals surface area contributed by atoms with Gasteiger partial charge in [-0.15, -0.1) is 0 Å². The van der Waals surface area contributed by atoms with Crippen molar-refractivity contribution in [3.8, 4) is 0 Å². The number of carbonyl (C=O) groups is 1. The molecule has 7 nitrogen and oxygen atoms in total. The van der Waals surface area contributed by atoms with Crippen molar-refractivity contribution in [3.63, 3.8) is 0 Å². The minimum Gasteiger partial charge on any atom is -0.326 e. The molecule has 0 bridgehead atoms. The molecule has 0 radical (unpaired) electrons. The molecule has 0 spiro atoms. The van der Waals surface area contributed by atoms with Gasteiger partial charge in [0.25, 0.3) is 0 Å². The van der Waals surface area contributed by atoms with Crippen LogP contribution in [0.5, 0.6) is 0 Å². The average Bonchev–Trinajstić information content (AvgIpc) is 3.33. The molecule has 3 aliphatic heterocycles. The van der Waals surface area contributed by atoms with Crippen molar-refractivity contribution in [2.45, 2.75) is 20.4 Å². The molecule has 1 aromatic heterocycles. The number of fused-ring (bicyclic) bond motifs is 1. The van der Waals surface area contributed by atoms with Crippen molar-refractivity contribution >= 4 is 17.6 Å². The minimum absolute atomic E-state index is 0.101. The van der Waals surface area contributed by atoms with E-state index in [9.17, 15) is 4.79 Å². The number of aliphatic imine (C=N–C) groups is 1. The first-order chi connectivity index (χ1) is 14.6. The largest absolute Gasteiger partial charge is 0.329 e. The summed E-state index contributed by atoms with van der Waals surface area (Å²) in [4.78, 5) is 28.2. The number of nitrogens with one attached hydrogen (secondary N) is 1. The van der Waals surface area contributed by atoms with Gasteiger partial charge in [0.1, 0.15) is 12.5 Å². The standard InChI is InChI=1S/C23H26N6O/c1-16-6-8-19(9-7-16)28-14-21-25-22(26-23(30)29(21)15-28)20-13-27(11-17(20)2)12-18-5-3-4-10-24-18/h3-10,14,17,20H,11-13,15H2,1-2H3,(H,25,26,30). The molecule has 2 amide bonds. The summed E-state index contributed by atoms with van der Waals surface area (Å²) in [6.45, 7) is 7.43. The smallest absolute Gasteiger partial charge is 0.326 e. The third kappa shape index (κ3) is 3.57. The fraction of sp³-hybridized carbons (Fsp3) is 0.348. The number of likely N-dealkylation sites (tertiary alicyclic amines) is 1. The predicted octanol–water partition coefficient (Wildman–Crippen LogP) is 3.16. The number of anilines is 1. The number of nitrogens with zero attached hydrogens (tertiary/aromatic N) is 5. The quantitative estimate of drug-likeness (QED) is 0.853. The highest BCUT2D eigenvalue weighted by atomic mass is 16.2. The normalized spacial score (nSPS) is 23.9. The van der Waals surface area contributed by atoms with Gasteiger partial charge in [0.15, 0.2) is 5.82 Å². The highest BCUT2D eigenvalue weighted by Crippen LogP contribution is 2.30. The molecule has 3 aliphatic rings. The molecule has 30 heavy (non-hydrogen) atoms. The van der Waals surface area contributed by atoms with E-state index in [2.05, 4.69) is 64.3 Å². The van der Waals surface area contributed by atoms with Crippen LogP contribution >= 0.6 is 0 Å². The number of urea groups is 1. The molecule has 0 aliphatic carbocycles. The Morgan fingerprint density at radius 2 is 1.97 bits per heavy atom. The summed E-state index contributed by atoms with van der Waals surface area (Å²) >= 11 is 0. The molecule has 2 aromatic rings. The van der Waals surface area contributed by atoms with Crippen LogP contribution in [0.1, 0.15) is 18.2 Å². The van der Waals surface area contributed by atoms with Crippen LogP contribution < -0.4 is 10.2 Å². The SMILES string of the molecule is Cc1ccc(N2C=C3N=C(C4CN(Cc5ccccn5)CC4C)NC(=O)N3C2)cc1. The molecule has 0 saturated carbocycles.